The Morgan fingerprint density at radius 2 is 2.00 bits per heavy atom. The second kappa shape index (κ2) is 4.29. The SMILES string of the molecule is Cc1ccccc1CS(=O)(=O)c1ncnn1C. The van der Waals surface area contributed by atoms with E-state index in [4.69, 9.17) is 0 Å². The predicted octanol–water partition coefficient (Wildman–Crippen LogP) is 1.10. The average molecular weight is 251 g/mol. The molecule has 0 fully saturated rings. The van der Waals surface area contributed by atoms with E-state index in [9.17, 15) is 8.42 Å². The molecule has 0 aliphatic carbocycles. The quantitative estimate of drug-likeness (QED) is 0.819. The summed E-state index contributed by atoms with van der Waals surface area (Å²) < 4.78 is 25.5. The monoisotopic (exact) mass is 251 g/mol. The van der Waals surface area contributed by atoms with Gasteiger partial charge in [0.1, 0.15) is 6.33 Å². The van der Waals surface area contributed by atoms with Crippen LogP contribution in [0.5, 0.6) is 0 Å². The second-order valence-corrected chi connectivity index (χ2v) is 5.74. The third kappa shape index (κ3) is 2.36. The summed E-state index contributed by atoms with van der Waals surface area (Å²) in [4.78, 5) is 3.78. The van der Waals surface area contributed by atoms with Crippen molar-refractivity contribution in [3.8, 4) is 0 Å². The number of aromatic nitrogens is 3. The van der Waals surface area contributed by atoms with Crippen LogP contribution in [-0.2, 0) is 22.6 Å². The molecule has 0 aliphatic heterocycles. The Labute approximate surface area is 100 Å². The first kappa shape index (κ1) is 11.8. The maximum Gasteiger partial charge on any atom is 0.245 e. The molecule has 0 spiro atoms. The van der Waals surface area contributed by atoms with Gasteiger partial charge in [-0.25, -0.2) is 18.1 Å². The molecule has 0 radical (unpaired) electrons. The summed E-state index contributed by atoms with van der Waals surface area (Å²) in [5.74, 6) is -0.0494. The largest absolute Gasteiger partial charge is 0.245 e. The van der Waals surface area contributed by atoms with Crippen LogP contribution in [0.1, 0.15) is 11.1 Å². The molecule has 6 heteroatoms. The molecule has 90 valence electrons. The molecule has 1 aromatic heterocycles. The third-order valence-electron chi connectivity index (χ3n) is 2.55. The van der Waals surface area contributed by atoms with Gasteiger partial charge < -0.3 is 0 Å². The molecule has 0 amide bonds. The molecule has 0 saturated heterocycles. The second-order valence-electron chi connectivity index (χ2n) is 3.85. The van der Waals surface area contributed by atoms with Crippen LogP contribution in [0, 0.1) is 6.92 Å². The van der Waals surface area contributed by atoms with Gasteiger partial charge >= 0.3 is 0 Å². The Morgan fingerprint density at radius 1 is 1.29 bits per heavy atom. The van der Waals surface area contributed by atoms with Gasteiger partial charge in [0.05, 0.1) is 5.75 Å². The van der Waals surface area contributed by atoms with Crippen molar-refractivity contribution in [2.24, 2.45) is 7.05 Å². The summed E-state index contributed by atoms with van der Waals surface area (Å²) >= 11 is 0. The lowest BCUT2D eigenvalue weighted by atomic mass is 10.1. The molecule has 1 heterocycles. The summed E-state index contributed by atoms with van der Waals surface area (Å²) in [5.41, 5.74) is 1.74. The molecular formula is C11H13N3O2S. The van der Waals surface area contributed by atoms with Crippen molar-refractivity contribution < 1.29 is 8.42 Å². The van der Waals surface area contributed by atoms with Gasteiger partial charge in [-0.1, -0.05) is 24.3 Å². The molecule has 0 unspecified atom stereocenters. The Morgan fingerprint density at radius 3 is 2.59 bits per heavy atom. The minimum Gasteiger partial charge on any atom is -0.240 e. The molecule has 2 rings (SSSR count). The van der Waals surface area contributed by atoms with Crippen molar-refractivity contribution in [2.45, 2.75) is 17.8 Å². The maximum atomic E-state index is 12.1. The van der Waals surface area contributed by atoms with Crippen LogP contribution in [-0.4, -0.2) is 23.2 Å². The van der Waals surface area contributed by atoms with Gasteiger partial charge in [-0.2, -0.15) is 5.10 Å². The van der Waals surface area contributed by atoms with E-state index >= 15 is 0 Å². The average Bonchev–Trinajstić information content (AvgIpc) is 2.68. The predicted molar refractivity (Wildman–Crippen MR) is 63.1 cm³/mol. The van der Waals surface area contributed by atoms with E-state index in [0.29, 0.717) is 0 Å². The highest BCUT2D eigenvalue weighted by atomic mass is 32.2. The van der Waals surface area contributed by atoms with Crippen molar-refractivity contribution in [2.75, 3.05) is 0 Å². The Balaban J connectivity index is 2.37. The molecule has 5 nitrogen and oxygen atoms in total. The molecular weight excluding hydrogens is 238 g/mol. The van der Waals surface area contributed by atoms with Gasteiger partial charge in [-0.15, -0.1) is 0 Å². The number of hydrogen-bond donors (Lipinski definition) is 0. The lowest BCUT2D eigenvalue weighted by Gasteiger charge is -2.06. The van der Waals surface area contributed by atoms with Crippen LogP contribution in [0.4, 0.5) is 0 Å². The van der Waals surface area contributed by atoms with Crippen molar-refractivity contribution in [3.63, 3.8) is 0 Å². The fraction of sp³-hybridized carbons (Fsp3) is 0.273. The van der Waals surface area contributed by atoms with Gasteiger partial charge in [0.15, 0.2) is 0 Å². The Hall–Kier alpha value is -1.69. The van der Waals surface area contributed by atoms with Crippen LogP contribution in [0.3, 0.4) is 0 Å². The van der Waals surface area contributed by atoms with Crippen molar-refractivity contribution in [1.29, 1.82) is 0 Å². The van der Waals surface area contributed by atoms with E-state index in [2.05, 4.69) is 10.1 Å². The molecule has 0 N–H and O–H groups in total. The molecule has 0 bridgehead atoms. The van der Waals surface area contributed by atoms with E-state index in [1.807, 2.05) is 31.2 Å². The fourth-order valence-electron chi connectivity index (χ4n) is 1.61. The molecule has 0 atom stereocenters. The van der Waals surface area contributed by atoms with E-state index in [1.54, 1.807) is 7.05 Å². The summed E-state index contributed by atoms with van der Waals surface area (Å²) in [7, 11) is -1.87. The van der Waals surface area contributed by atoms with Crippen molar-refractivity contribution in [3.05, 3.63) is 41.7 Å². The highest BCUT2D eigenvalue weighted by Crippen LogP contribution is 2.16. The van der Waals surface area contributed by atoms with Gasteiger partial charge in [0, 0.05) is 7.05 Å². The fourth-order valence-corrected chi connectivity index (χ4v) is 3.13. The number of rotatable bonds is 3. The van der Waals surface area contributed by atoms with Crippen LogP contribution in [0.2, 0.25) is 0 Å². The topological polar surface area (TPSA) is 64.8 Å². The van der Waals surface area contributed by atoms with Crippen LogP contribution in [0.15, 0.2) is 35.7 Å². The Kier molecular flexibility index (Phi) is 2.97. The number of sulfone groups is 1. The van der Waals surface area contributed by atoms with E-state index < -0.39 is 9.84 Å². The zero-order valence-electron chi connectivity index (χ0n) is 9.66. The summed E-state index contributed by atoms with van der Waals surface area (Å²) in [6.45, 7) is 1.89. The minimum atomic E-state index is -3.43. The van der Waals surface area contributed by atoms with E-state index in [-0.39, 0.29) is 10.9 Å². The molecule has 0 aliphatic rings. The van der Waals surface area contributed by atoms with Crippen molar-refractivity contribution >= 4 is 9.84 Å². The first-order valence-electron chi connectivity index (χ1n) is 5.12. The first-order chi connectivity index (χ1) is 8.00. The normalized spacial score (nSPS) is 11.6. The first-order valence-corrected chi connectivity index (χ1v) is 6.77. The number of hydrogen-bond acceptors (Lipinski definition) is 4. The zero-order chi connectivity index (χ0) is 12.5. The molecule has 1 aromatic carbocycles. The number of aryl methyl sites for hydroxylation is 2. The summed E-state index contributed by atoms with van der Waals surface area (Å²) in [6, 6.07) is 7.41. The zero-order valence-corrected chi connectivity index (χ0v) is 10.5. The number of nitrogens with zero attached hydrogens (tertiary/aromatic N) is 3. The van der Waals surface area contributed by atoms with Gasteiger partial charge in [-0.3, -0.25) is 0 Å². The van der Waals surface area contributed by atoms with E-state index in [1.165, 1.54) is 11.0 Å². The van der Waals surface area contributed by atoms with Crippen LogP contribution < -0.4 is 0 Å². The maximum absolute atomic E-state index is 12.1. The Bertz CT molecular complexity index is 632. The lowest BCUT2D eigenvalue weighted by Crippen LogP contribution is -2.12. The van der Waals surface area contributed by atoms with E-state index in [0.717, 1.165) is 11.1 Å². The number of benzene rings is 1. The summed E-state index contributed by atoms with van der Waals surface area (Å²) in [6.07, 6.45) is 1.24. The summed E-state index contributed by atoms with van der Waals surface area (Å²) in [5, 5.41) is 3.77. The standard InChI is InChI=1S/C11H13N3O2S/c1-9-5-3-4-6-10(9)7-17(15,16)11-12-8-13-14(11)2/h3-6,8H,7H2,1-2H3. The molecule has 17 heavy (non-hydrogen) atoms. The van der Waals surface area contributed by atoms with Crippen LogP contribution >= 0.6 is 0 Å². The lowest BCUT2D eigenvalue weighted by molar-refractivity contribution is 0.568. The van der Waals surface area contributed by atoms with Gasteiger partial charge in [-0.05, 0) is 18.1 Å². The van der Waals surface area contributed by atoms with Gasteiger partial charge in [0.25, 0.3) is 0 Å². The highest BCUT2D eigenvalue weighted by molar-refractivity contribution is 7.90. The molecule has 0 saturated carbocycles. The van der Waals surface area contributed by atoms with Crippen LogP contribution in [0.25, 0.3) is 0 Å². The molecule has 2 aromatic rings. The third-order valence-corrected chi connectivity index (χ3v) is 4.17. The highest BCUT2D eigenvalue weighted by Gasteiger charge is 2.21. The minimum absolute atomic E-state index is 0.000697. The van der Waals surface area contributed by atoms with Gasteiger partial charge in [0.2, 0.25) is 15.0 Å². The van der Waals surface area contributed by atoms with Crippen molar-refractivity contribution in [1.82, 2.24) is 14.8 Å². The smallest absolute Gasteiger partial charge is 0.240 e.